The smallest absolute Gasteiger partial charge is 0.195 e. The number of unbranched alkanes of at least 4 members (excludes halogenated alkanes) is 2. The number of fused-ring (bicyclic) bond motifs is 1. The lowest BCUT2D eigenvalue weighted by Gasteiger charge is -2.09. The highest BCUT2D eigenvalue weighted by molar-refractivity contribution is 5.84. The van der Waals surface area contributed by atoms with E-state index in [4.69, 9.17) is 4.74 Å². The van der Waals surface area contributed by atoms with Crippen LogP contribution in [0.5, 0.6) is 5.75 Å². The van der Waals surface area contributed by atoms with E-state index in [1.54, 1.807) is 12.1 Å². The molecular formula is C31H24F6O. The van der Waals surface area contributed by atoms with Crippen LogP contribution in [0, 0.1) is 46.7 Å². The van der Waals surface area contributed by atoms with Gasteiger partial charge in [0.15, 0.2) is 17.5 Å². The molecule has 0 spiro atoms. The van der Waals surface area contributed by atoms with Gasteiger partial charge in [0.1, 0.15) is 23.2 Å². The van der Waals surface area contributed by atoms with E-state index in [1.165, 1.54) is 24.3 Å². The van der Waals surface area contributed by atoms with Crippen LogP contribution in [0.1, 0.15) is 48.4 Å². The van der Waals surface area contributed by atoms with E-state index in [0.717, 1.165) is 37.5 Å². The minimum atomic E-state index is -1.58. The van der Waals surface area contributed by atoms with Gasteiger partial charge >= 0.3 is 0 Å². The SMILES string of the molecule is CCCCCOc1ccc(CCc2cc(F)c(C#Cc3ccc4c(F)c(F)c(F)cc4c3)c(F)c2)c(F)c1. The molecule has 0 saturated heterocycles. The van der Waals surface area contributed by atoms with E-state index in [1.807, 2.05) is 0 Å². The van der Waals surface area contributed by atoms with Crippen molar-refractivity contribution < 1.29 is 31.1 Å². The van der Waals surface area contributed by atoms with Crippen LogP contribution in [0.4, 0.5) is 26.3 Å². The summed E-state index contributed by atoms with van der Waals surface area (Å²) in [5.74, 6) is -1.04. The molecule has 0 aliphatic carbocycles. The van der Waals surface area contributed by atoms with Crippen molar-refractivity contribution in [3.05, 3.63) is 112 Å². The van der Waals surface area contributed by atoms with Gasteiger partial charge in [0.05, 0.1) is 12.2 Å². The third-order valence-corrected chi connectivity index (χ3v) is 6.13. The van der Waals surface area contributed by atoms with Crippen LogP contribution in [0.3, 0.4) is 0 Å². The van der Waals surface area contributed by atoms with Crippen molar-refractivity contribution >= 4 is 10.8 Å². The molecule has 0 heterocycles. The molecule has 1 nitrogen and oxygen atoms in total. The highest BCUT2D eigenvalue weighted by atomic mass is 19.2. The van der Waals surface area contributed by atoms with Gasteiger partial charge in [-0.25, -0.2) is 26.3 Å². The van der Waals surface area contributed by atoms with E-state index in [-0.39, 0.29) is 29.2 Å². The third kappa shape index (κ3) is 6.31. The van der Waals surface area contributed by atoms with Crippen molar-refractivity contribution in [2.45, 2.75) is 39.0 Å². The number of hydrogen-bond donors (Lipinski definition) is 0. The predicted molar refractivity (Wildman–Crippen MR) is 135 cm³/mol. The molecule has 0 unspecified atom stereocenters. The molecule has 4 aromatic carbocycles. The number of ether oxygens (including phenoxy) is 1. The molecule has 0 aliphatic heterocycles. The van der Waals surface area contributed by atoms with Gasteiger partial charge < -0.3 is 4.74 Å². The summed E-state index contributed by atoms with van der Waals surface area (Å²) < 4.78 is 90.2. The molecule has 0 amide bonds. The number of hydrogen-bond acceptors (Lipinski definition) is 1. The highest BCUT2D eigenvalue weighted by Crippen LogP contribution is 2.24. The predicted octanol–water partition coefficient (Wildman–Crippen LogP) is 8.43. The van der Waals surface area contributed by atoms with E-state index in [9.17, 15) is 26.3 Å². The molecule has 0 aromatic heterocycles. The quantitative estimate of drug-likeness (QED) is 0.0969. The molecule has 4 aromatic rings. The molecule has 0 bridgehead atoms. The number of aryl methyl sites for hydroxylation is 2. The average molecular weight is 527 g/mol. The fourth-order valence-corrected chi connectivity index (χ4v) is 4.05. The average Bonchev–Trinajstić information content (AvgIpc) is 2.89. The fraction of sp³-hybridized carbons (Fsp3) is 0.226. The molecule has 0 radical (unpaired) electrons. The molecule has 0 atom stereocenters. The van der Waals surface area contributed by atoms with Gasteiger partial charge in [-0.3, -0.25) is 0 Å². The van der Waals surface area contributed by atoms with Gasteiger partial charge in [-0.2, -0.15) is 0 Å². The van der Waals surface area contributed by atoms with Crippen LogP contribution >= 0.6 is 0 Å². The van der Waals surface area contributed by atoms with Crippen molar-refractivity contribution in [3.8, 4) is 17.6 Å². The Kier molecular flexibility index (Phi) is 8.62. The van der Waals surface area contributed by atoms with Gasteiger partial charge in [0.2, 0.25) is 0 Å². The lowest BCUT2D eigenvalue weighted by Crippen LogP contribution is -2.01. The molecule has 38 heavy (non-hydrogen) atoms. The number of benzene rings is 4. The van der Waals surface area contributed by atoms with E-state index in [2.05, 4.69) is 18.8 Å². The summed E-state index contributed by atoms with van der Waals surface area (Å²) >= 11 is 0. The van der Waals surface area contributed by atoms with Crippen molar-refractivity contribution in [3.63, 3.8) is 0 Å². The number of halogens is 6. The summed E-state index contributed by atoms with van der Waals surface area (Å²) in [6.07, 6.45) is 3.42. The Morgan fingerprint density at radius 3 is 2.16 bits per heavy atom. The van der Waals surface area contributed by atoms with E-state index < -0.39 is 40.5 Å². The Bertz CT molecular complexity index is 1510. The van der Waals surface area contributed by atoms with Crippen molar-refractivity contribution in [2.24, 2.45) is 0 Å². The first-order valence-electron chi connectivity index (χ1n) is 12.2. The lowest BCUT2D eigenvalue weighted by molar-refractivity contribution is 0.304. The molecule has 0 aliphatic rings. The molecule has 4 rings (SSSR count). The molecule has 7 heteroatoms. The largest absolute Gasteiger partial charge is 0.493 e. The summed E-state index contributed by atoms with van der Waals surface area (Å²) in [7, 11) is 0. The summed E-state index contributed by atoms with van der Waals surface area (Å²) in [5.41, 5.74) is 0.503. The van der Waals surface area contributed by atoms with Crippen LogP contribution in [0.25, 0.3) is 10.8 Å². The Hall–Kier alpha value is -3.92. The zero-order valence-corrected chi connectivity index (χ0v) is 20.6. The van der Waals surface area contributed by atoms with Crippen LogP contribution < -0.4 is 4.74 Å². The minimum Gasteiger partial charge on any atom is -0.493 e. The monoisotopic (exact) mass is 526 g/mol. The van der Waals surface area contributed by atoms with Gasteiger partial charge in [-0.05, 0) is 72.2 Å². The van der Waals surface area contributed by atoms with Crippen molar-refractivity contribution in [2.75, 3.05) is 6.61 Å². The van der Waals surface area contributed by atoms with Crippen LogP contribution in [-0.2, 0) is 12.8 Å². The first-order chi connectivity index (χ1) is 18.3. The zero-order chi connectivity index (χ0) is 27.2. The summed E-state index contributed by atoms with van der Waals surface area (Å²) in [5, 5.41) is -0.0745. The fourth-order valence-electron chi connectivity index (χ4n) is 4.05. The minimum absolute atomic E-state index is 0.0628. The van der Waals surface area contributed by atoms with Crippen molar-refractivity contribution in [1.29, 1.82) is 0 Å². The summed E-state index contributed by atoms with van der Waals surface area (Å²) in [6, 6.07) is 11.6. The highest BCUT2D eigenvalue weighted by Gasteiger charge is 2.14. The van der Waals surface area contributed by atoms with Gasteiger partial charge in [0.25, 0.3) is 0 Å². The first-order valence-corrected chi connectivity index (χ1v) is 12.2. The standard InChI is InChI=1S/C31H24F6O/c1-2-3-4-13-38-23-10-9-21(26(32)18-23)8-5-20-15-27(33)25(28(34)16-20)12-7-19-6-11-24-22(14-19)17-29(35)31(37)30(24)36/h6,9-11,14-18H,2-5,8,13H2,1H3. The normalized spacial score (nSPS) is 10.9. The molecule has 0 N–H and O–H groups in total. The molecular weight excluding hydrogens is 502 g/mol. The summed E-state index contributed by atoms with van der Waals surface area (Å²) in [4.78, 5) is 0. The second kappa shape index (κ2) is 12.1. The molecule has 196 valence electrons. The van der Waals surface area contributed by atoms with Crippen molar-refractivity contribution in [1.82, 2.24) is 0 Å². The van der Waals surface area contributed by atoms with E-state index in [0.29, 0.717) is 23.5 Å². The Morgan fingerprint density at radius 2 is 1.45 bits per heavy atom. The zero-order valence-electron chi connectivity index (χ0n) is 20.6. The van der Waals surface area contributed by atoms with Crippen LogP contribution in [0.2, 0.25) is 0 Å². The Morgan fingerprint density at radius 1 is 0.684 bits per heavy atom. The topological polar surface area (TPSA) is 9.23 Å². The molecule has 0 fully saturated rings. The second-order valence-electron chi connectivity index (χ2n) is 8.92. The van der Waals surface area contributed by atoms with Gasteiger partial charge in [-0.15, -0.1) is 0 Å². The van der Waals surface area contributed by atoms with E-state index >= 15 is 0 Å². The Balaban J connectivity index is 1.46. The first kappa shape index (κ1) is 27.1. The number of rotatable bonds is 8. The maximum Gasteiger partial charge on any atom is 0.195 e. The summed E-state index contributed by atoms with van der Waals surface area (Å²) in [6.45, 7) is 2.59. The second-order valence-corrected chi connectivity index (χ2v) is 8.92. The Labute approximate surface area is 217 Å². The maximum absolute atomic E-state index is 14.7. The van der Waals surface area contributed by atoms with Gasteiger partial charge in [-0.1, -0.05) is 43.7 Å². The molecule has 0 saturated carbocycles. The van der Waals surface area contributed by atoms with Crippen LogP contribution in [0.15, 0.2) is 54.6 Å². The maximum atomic E-state index is 14.7. The van der Waals surface area contributed by atoms with Gasteiger partial charge in [0, 0.05) is 17.0 Å². The lowest BCUT2D eigenvalue weighted by atomic mass is 10.0. The van der Waals surface area contributed by atoms with Crippen LogP contribution in [-0.4, -0.2) is 6.61 Å². The third-order valence-electron chi connectivity index (χ3n) is 6.13.